The fraction of sp³-hybridized carbons (Fsp3) is 0.588. The molecule has 0 rings (SSSR count). The molecule has 32 heavy (non-hydrogen) atoms. The van der Waals surface area contributed by atoms with Gasteiger partial charge in [0.05, 0.1) is 12.5 Å². The highest BCUT2D eigenvalue weighted by Crippen LogP contribution is 2.03. The molecule has 0 aromatic heterocycles. The van der Waals surface area contributed by atoms with E-state index in [1.54, 1.807) is 0 Å². The van der Waals surface area contributed by atoms with Gasteiger partial charge in [-0.1, -0.05) is 0 Å². The van der Waals surface area contributed by atoms with Crippen LogP contribution in [-0.4, -0.2) is 81.0 Å². The Bertz CT molecular complexity index is 756. The summed E-state index contributed by atoms with van der Waals surface area (Å²) in [6, 6.07) is -5.73. The van der Waals surface area contributed by atoms with Crippen molar-refractivity contribution in [1.29, 1.82) is 0 Å². The third-order valence-corrected chi connectivity index (χ3v) is 4.06. The number of amides is 4. The molecule has 0 bridgehead atoms. The fourth-order valence-corrected chi connectivity index (χ4v) is 2.30. The van der Waals surface area contributed by atoms with Crippen LogP contribution < -0.4 is 27.4 Å². The SMILES string of the molecule is CC(NC(=O)C(CCC(=O)O)NC(=O)C(N)CCC(N)=O)C(=O)NC(CC(=O)O)C(=O)O. The van der Waals surface area contributed by atoms with E-state index < -0.39 is 78.5 Å². The lowest BCUT2D eigenvalue weighted by atomic mass is 10.1. The lowest BCUT2D eigenvalue weighted by Crippen LogP contribution is -2.56. The Morgan fingerprint density at radius 2 is 1.31 bits per heavy atom. The Morgan fingerprint density at radius 3 is 1.78 bits per heavy atom. The van der Waals surface area contributed by atoms with E-state index in [4.69, 9.17) is 26.8 Å². The number of carboxylic acids is 3. The van der Waals surface area contributed by atoms with Crippen molar-refractivity contribution < 1.29 is 48.9 Å². The largest absolute Gasteiger partial charge is 0.481 e. The van der Waals surface area contributed by atoms with Crippen molar-refractivity contribution in [3.05, 3.63) is 0 Å². The van der Waals surface area contributed by atoms with Gasteiger partial charge in [0.25, 0.3) is 0 Å². The molecule has 4 unspecified atom stereocenters. The molecule has 4 atom stereocenters. The Kier molecular flexibility index (Phi) is 11.9. The van der Waals surface area contributed by atoms with Gasteiger partial charge in [0, 0.05) is 12.8 Å². The van der Waals surface area contributed by atoms with Crippen molar-refractivity contribution in [2.45, 2.75) is 63.2 Å². The van der Waals surface area contributed by atoms with Gasteiger partial charge in [-0.2, -0.15) is 0 Å². The topological polar surface area (TPSA) is 268 Å². The molecule has 0 aromatic rings. The quantitative estimate of drug-likeness (QED) is 0.118. The zero-order chi connectivity index (χ0) is 25.0. The molecular formula is C17H27N5O10. The van der Waals surface area contributed by atoms with Crippen molar-refractivity contribution in [3.8, 4) is 0 Å². The smallest absolute Gasteiger partial charge is 0.326 e. The molecule has 0 aromatic carbocycles. The minimum Gasteiger partial charge on any atom is -0.481 e. The van der Waals surface area contributed by atoms with Crippen molar-refractivity contribution in [2.75, 3.05) is 0 Å². The van der Waals surface area contributed by atoms with Gasteiger partial charge in [0.1, 0.15) is 18.1 Å². The van der Waals surface area contributed by atoms with Crippen LogP contribution in [0.1, 0.15) is 39.0 Å². The van der Waals surface area contributed by atoms with Crippen molar-refractivity contribution in [3.63, 3.8) is 0 Å². The number of primary amides is 1. The van der Waals surface area contributed by atoms with E-state index in [0.29, 0.717) is 0 Å². The van der Waals surface area contributed by atoms with Crippen LogP contribution in [0.3, 0.4) is 0 Å². The first-order valence-electron chi connectivity index (χ1n) is 9.36. The molecule has 180 valence electrons. The Labute approximate surface area is 181 Å². The summed E-state index contributed by atoms with van der Waals surface area (Å²) in [5.41, 5.74) is 10.6. The lowest BCUT2D eigenvalue weighted by Gasteiger charge is -2.23. The van der Waals surface area contributed by atoms with Crippen molar-refractivity contribution in [2.24, 2.45) is 11.5 Å². The van der Waals surface area contributed by atoms with Gasteiger partial charge < -0.3 is 42.7 Å². The maximum Gasteiger partial charge on any atom is 0.326 e. The average Bonchev–Trinajstić information content (AvgIpc) is 2.67. The number of nitrogens with one attached hydrogen (secondary N) is 3. The minimum absolute atomic E-state index is 0.118. The van der Waals surface area contributed by atoms with E-state index in [9.17, 15) is 33.6 Å². The zero-order valence-corrected chi connectivity index (χ0v) is 17.2. The van der Waals surface area contributed by atoms with Gasteiger partial charge in [0.2, 0.25) is 23.6 Å². The summed E-state index contributed by atoms with van der Waals surface area (Å²) in [7, 11) is 0. The van der Waals surface area contributed by atoms with Gasteiger partial charge in [0.15, 0.2) is 0 Å². The second kappa shape index (κ2) is 13.5. The number of aliphatic carboxylic acids is 3. The van der Waals surface area contributed by atoms with E-state index in [0.717, 1.165) is 0 Å². The molecule has 15 nitrogen and oxygen atoms in total. The molecule has 10 N–H and O–H groups in total. The normalized spacial score (nSPS) is 14.2. The summed E-state index contributed by atoms with van der Waals surface area (Å²) in [5.74, 6) is -7.88. The lowest BCUT2D eigenvalue weighted by molar-refractivity contribution is -0.147. The first-order chi connectivity index (χ1) is 14.7. The van der Waals surface area contributed by atoms with Crippen molar-refractivity contribution >= 4 is 41.5 Å². The standard InChI is InChI=1S/C17H27N5O10/c1-7(14(28)22-10(17(31)32)6-13(26)27)20-16(30)9(3-5-12(24)25)21-15(29)8(18)2-4-11(19)23/h7-10H,2-6,18H2,1H3,(H2,19,23)(H,20,30)(H,21,29)(H,22,28)(H,24,25)(H,26,27)(H,31,32). The molecule has 15 heteroatoms. The van der Waals surface area contributed by atoms with E-state index in [1.807, 2.05) is 5.32 Å². The molecule has 0 saturated carbocycles. The minimum atomic E-state index is -1.75. The Morgan fingerprint density at radius 1 is 0.750 bits per heavy atom. The van der Waals surface area contributed by atoms with Crippen molar-refractivity contribution in [1.82, 2.24) is 16.0 Å². The molecule has 0 fully saturated rings. The third-order valence-electron chi connectivity index (χ3n) is 4.06. The van der Waals surface area contributed by atoms with Crippen LogP contribution in [0.15, 0.2) is 0 Å². The zero-order valence-electron chi connectivity index (χ0n) is 17.2. The Hall–Kier alpha value is -3.75. The van der Waals surface area contributed by atoms with Crippen LogP contribution >= 0.6 is 0 Å². The van der Waals surface area contributed by atoms with Gasteiger partial charge in [-0.3, -0.25) is 28.8 Å². The van der Waals surface area contributed by atoms with Crippen LogP contribution in [0.4, 0.5) is 0 Å². The number of rotatable bonds is 15. The first-order valence-corrected chi connectivity index (χ1v) is 9.36. The van der Waals surface area contributed by atoms with E-state index in [2.05, 4.69) is 10.6 Å². The highest BCUT2D eigenvalue weighted by atomic mass is 16.4. The van der Waals surface area contributed by atoms with Crippen LogP contribution in [0, 0.1) is 0 Å². The average molecular weight is 461 g/mol. The molecular weight excluding hydrogens is 434 g/mol. The molecule has 4 amide bonds. The van der Waals surface area contributed by atoms with Gasteiger partial charge in [-0.25, -0.2) is 4.79 Å². The van der Waals surface area contributed by atoms with Gasteiger partial charge >= 0.3 is 17.9 Å². The van der Waals surface area contributed by atoms with Crippen LogP contribution in [0.25, 0.3) is 0 Å². The Balaban J connectivity index is 5.14. The summed E-state index contributed by atoms with van der Waals surface area (Å²) >= 11 is 0. The van der Waals surface area contributed by atoms with E-state index >= 15 is 0 Å². The third kappa shape index (κ3) is 11.4. The molecule has 0 aliphatic heterocycles. The predicted octanol–water partition coefficient (Wildman–Crippen LogP) is -3.52. The molecule has 0 heterocycles. The number of carboxylic acid groups (broad SMARTS) is 3. The summed E-state index contributed by atoms with van der Waals surface area (Å²) in [6.07, 6.45) is -2.09. The number of hydrogen-bond acceptors (Lipinski definition) is 8. The van der Waals surface area contributed by atoms with E-state index in [1.165, 1.54) is 6.92 Å². The number of carbonyl (C=O) groups is 7. The molecule has 0 aliphatic carbocycles. The highest BCUT2D eigenvalue weighted by Gasteiger charge is 2.29. The molecule has 0 saturated heterocycles. The summed E-state index contributed by atoms with van der Waals surface area (Å²) in [5, 5.41) is 32.9. The monoisotopic (exact) mass is 461 g/mol. The summed E-state index contributed by atoms with van der Waals surface area (Å²) in [6.45, 7) is 1.17. The maximum absolute atomic E-state index is 12.5. The van der Waals surface area contributed by atoms with Crippen LogP contribution in [0.5, 0.6) is 0 Å². The molecule has 0 radical (unpaired) electrons. The fourth-order valence-electron chi connectivity index (χ4n) is 2.30. The second-order valence-electron chi connectivity index (χ2n) is 6.83. The highest BCUT2D eigenvalue weighted by molar-refractivity contribution is 5.94. The van der Waals surface area contributed by atoms with E-state index in [-0.39, 0.29) is 19.3 Å². The molecule has 0 aliphatic rings. The summed E-state index contributed by atoms with van der Waals surface area (Å²) < 4.78 is 0. The predicted molar refractivity (Wildman–Crippen MR) is 105 cm³/mol. The number of carbonyl (C=O) groups excluding carboxylic acids is 4. The maximum atomic E-state index is 12.5. The summed E-state index contributed by atoms with van der Waals surface area (Å²) in [4.78, 5) is 80.1. The number of hydrogen-bond donors (Lipinski definition) is 8. The molecule has 0 spiro atoms. The second-order valence-corrected chi connectivity index (χ2v) is 6.83. The van der Waals surface area contributed by atoms with Gasteiger partial charge in [-0.15, -0.1) is 0 Å². The number of nitrogens with two attached hydrogens (primary N) is 2. The van der Waals surface area contributed by atoms with Crippen LogP contribution in [-0.2, 0) is 33.6 Å². The first kappa shape index (κ1) is 28.2. The van der Waals surface area contributed by atoms with Gasteiger partial charge in [-0.05, 0) is 19.8 Å². The van der Waals surface area contributed by atoms with Crippen LogP contribution in [0.2, 0.25) is 0 Å².